The number of carbonyl (C=O) groups excluding carboxylic acids is 1. The lowest BCUT2D eigenvalue weighted by molar-refractivity contribution is -0.138. The van der Waals surface area contributed by atoms with Gasteiger partial charge in [-0.05, 0) is 23.1 Å². The molecule has 1 atom stereocenters. The molecule has 0 aromatic heterocycles. The van der Waals surface area contributed by atoms with Crippen molar-refractivity contribution >= 4 is 46.6 Å². The molecule has 1 heterocycles. The van der Waals surface area contributed by atoms with Crippen molar-refractivity contribution in [3.63, 3.8) is 0 Å². The Hall–Kier alpha value is -1.86. The van der Waals surface area contributed by atoms with Crippen LogP contribution in [-0.2, 0) is 15.0 Å². The summed E-state index contributed by atoms with van der Waals surface area (Å²) in [5.41, 5.74) is 1.83. The molecule has 6 nitrogen and oxygen atoms in total. The van der Waals surface area contributed by atoms with Gasteiger partial charge in [0.15, 0.2) is 5.17 Å². The summed E-state index contributed by atoms with van der Waals surface area (Å²) in [4.78, 5) is 22.3. The standard InChI is InChI=1S/C16H18ClN3O3S/c1-16(2,3)10-4-5-11(17)9(6-10)8-18-20-15-19-14(23)12(24-15)7-13(21)22/h4-6,8,12H,7H2,1-3H3,(H,21,22)(H,19,20,23). The highest BCUT2D eigenvalue weighted by Crippen LogP contribution is 2.26. The lowest BCUT2D eigenvalue weighted by Gasteiger charge is -2.19. The monoisotopic (exact) mass is 367 g/mol. The molecule has 1 fully saturated rings. The third-order valence-corrected chi connectivity index (χ3v) is 4.76. The molecule has 1 aliphatic rings. The van der Waals surface area contributed by atoms with Crippen LogP contribution in [0.1, 0.15) is 38.3 Å². The SMILES string of the molecule is CC(C)(C)c1ccc(Cl)c(C=NN=C2NC(=O)C(CC(=O)O)S2)c1. The van der Waals surface area contributed by atoms with Gasteiger partial charge in [0, 0.05) is 10.6 Å². The first-order valence-electron chi connectivity index (χ1n) is 7.27. The van der Waals surface area contributed by atoms with Crippen molar-refractivity contribution < 1.29 is 14.7 Å². The third-order valence-electron chi connectivity index (χ3n) is 3.34. The summed E-state index contributed by atoms with van der Waals surface area (Å²) < 4.78 is 0. The van der Waals surface area contributed by atoms with Gasteiger partial charge in [-0.1, -0.05) is 50.2 Å². The maximum atomic E-state index is 11.6. The Kier molecular flexibility index (Phi) is 5.66. The van der Waals surface area contributed by atoms with Gasteiger partial charge in [-0.3, -0.25) is 9.59 Å². The number of rotatable bonds is 4. The van der Waals surface area contributed by atoms with Gasteiger partial charge in [0.25, 0.3) is 0 Å². The molecule has 2 N–H and O–H groups in total. The molecule has 24 heavy (non-hydrogen) atoms. The molecular weight excluding hydrogens is 350 g/mol. The predicted molar refractivity (Wildman–Crippen MR) is 97.0 cm³/mol. The van der Waals surface area contributed by atoms with Gasteiger partial charge in [0.2, 0.25) is 5.91 Å². The molecule has 8 heteroatoms. The summed E-state index contributed by atoms with van der Waals surface area (Å²) in [6, 6.07) is 5.72. The summed E-state index contributed by atoms with van der Waals surface area (Å²) in [6.07, 6.45) is 1.26. The zero-order valence-electron chi connectivity index (χ0n) is 13.5. The number of amidine groups is 1. The molecule has 1 saturated heterocycles. The van der Waals surface area contributed by atoms with Crippen LogP contribution in [-0.4, -0.2) is 33.6 Å². The highest BCUT2D eigenvalue weighted by molar-refractivity contribution is 8.15. The molecule has 0 radical (unpaired) electrons. The number of aliphatic carboxylic acids is 1. The van der Waals surface area contributed by atoms with Crippen LogP contribution in [0.15, 0.2) is 28.4 Å². The van der Waals surface area contributed by atoms with E-state index in [1.165, 1.54) is 6.21 Å². The van der Waals surface area contributed by atoms with Gasteiger partial charge in [-0.25, -0.2) is 0 Å². The summed E-state index contributed by atoms with van der Waals surface area (Å²) >= 11 is 7.22. The second-order valence-corrected chi connectivity index (χ2v) is 7.93. The Morgan fingerprint density at radius 1 is 1.46 bits per heavy atom. The van der Waals surface area contributed by atoms with Crippen molar-refractivity contribution in [3.05, 3.63) is 34.3 Å². The summed E-state index contributed by atoms with van der Waals surface area (Å²) in [7, 11) is 0. The van der Waals surface area contributed by atoms with Crippen LogP contribution in [0, 0.1) is 0 Å². The smallest absolute Gasteiger partial charge is 0.305 e. The second kappa shape index (κ2) is 7.36. The van der Waals surface area contributed by atoms with E-state index in [9.17, 15) is 9.59 Å². The molecule has 2 rings (SSSR count). The van der Waals surface area contributed by atoms with Crippen LogP contribution in [0.2, 0.25) is 5.02 Å². The van der Waals surface area contributed by atoms with Gasteiger partial charge >= 0.3 is 5.97 Å². The van der Waals surface area contributed by atoms with E-state index in [1.54, 1.807) is 0 Å². The number of hydrogen-bond acceptors (Lipinski definition) is 5. The molecular formula is C16H18ClN3O3S. The summed E-state index contributed by atoms with van der Waals surface area (Å²) in [5, 5.41) is 19.3. The van der Waals surface area contributed by atoms with Crippen LogP contribution in [0.4, 0.5) is 0 Å². The van der Waals surface area contributed by atoms with Crippen molar-refractivity contribution in [1.82, 2.24) is 5.32 Å². The van der Waals surface area contributed by atoms with E-state index in [0.29, 0.717) is 5.02 Å². The number of carboxylic acids is 1. The van der Waals surface area contributed by atoms with Crippen molar-refractivity contribution in [3.8, 4) is 0 Å². The Bertz CT molecular complexity index is 726. The Morgan fingerprint density at radius 2 is 2.17 bits per heavy atom. The van der Waals surface area contributed by atoms with Crippen LogP contribution in [0.3, 0.4) is 0 Å². The maximum Gasteiger partial charge on any atom is 0.305 e. The van der Waals surface area contributed by atoms with E-state index in [1.807, 2.05) is 18.2 Å². The normalized spacial score (nSPS) is 19.9. The van der Waals surface area contributed by atoms with E-state index in [-0.39, 0.29) is 22.9 Å². The molecule has 1 aromatic carbocycles. The van der Waals surface area contributed by atoms with Crippen LogP contribution < -0.4 is 5.32 Å². The summed E-state index contributed by atoms with van der Waals surface area (Å²) in [5.74, 6) is -1.40. The number of nitrogens with one attached hydrogen (secondary N) is 1. The zero-order chi connectivity index (χ0) is 17.9. The number of carbonyl (C=O) groups is 2. The number of nitrogens with zero attached hydrogens (tertiary/aromatic N) is 2. The van der Waals surface area contributed by atoms with Gasteiger partial charge in [-0.2, -0.15) is 5.10 Å². The van der Waals surface area contributed by atoms with Crippen LogP contribution in [0.25, 0.3) is 0 Å². The lowest BCUT2D eigenvalue weighted by Crippen LogP contribution is -2.26. The number of thioether (sulfide) groups is 1. The lowest BCUT2D eigenvalue weighted by atomic mass is 9.86. The van der Waals surface area contributed by atoms with Gasteiger partial charge in [0.05, 0.1) is 12.6 Å². The van der Waals surface area contributed by atoms with E-state index >= 15 is 0 Å². The zero-order valence-corrected chi connectivity index (χ0v) is 15.1. The molecule has 1 aromatic rings. The maximum absolute atomic E-state index is 11.6. The number of hydrogen-bond donors (Lipinski definition) is 2. The Balaban J connectivity index is 2.12. The highest BCUT2D eigenvalue weighted by Gasteiger charge is 2.32. The first-order valence-corrected chi connectivity index (χ1v) is 8.53. The molecule has 1 amide bonds. The highest BCUT2D eigenvalue weighted by atomic mass is 35.5. The van der Waals surface area contributed by atoms with E-state index < -0.39 is 11.2 Å². The van der Waals surface area contributed by atoms with Crippen molar-refractivity contribution in [1.29, 1.82) is 0 Å². The quantitative estimate of drug-likeness (QED) is 0.632. The predicted octanol–water partition coefficient (Wildman–Crippen LogP) is 3.03. The van der Waals surface area contributed by atoms with E-state index in [4.69, 9.17) is 16.7 Å². The van der Waals surface area contributed by atoms with Crippen LogP contribution in [0.5, 0.6) is 0 Å². The number of benzene rings is 1. The summed E-state index contributed by atoms with van der Waals surface area (Å²) in [6.45, 7) is 6.31. The van der Waals surface area contributed by atoms with Crippen molar-refractivity contribution in [2.24, 2.45) is 10.2 Å². The third kappa shape index (κ3) is 4.82. The molecule has 0 bridgehead atoms. The minimum absolute atomic E-state index is 0.0155. The fraction of sp³-hybridized carbons (Fsp3) is 0.375. The average Bonchev–Trinajstić information content (AvgIpc) is 2.79. The fourth-order valence-corrected chi connectivity index (χ4v) is 3.08. The van der Waals surface area contributed by atoms with Gasteiger partial charge < -0.3 is 10.4 Å². The van der Waals surface area contributed by atoms with Crippen LogP contribution >= 0.6 is 23.4 Å². The topological polar surface area (TPSA) is 91.1 Å². The molecule has 0 saturated carbocycles. The largest absolute Gasteiger partial charge is 0.481 e. The van der Waals surface area contributed by atoms with Gasteiger partial charge in [-0.15, -0.1) is 5.10 Å². The second-order valence-electron chi connectivity index (χ2n) is 6.33. The molecule has 128 valence electrons. The number of amides is 1. The number of carboxylic acid groups (broad SMARTS) is 1. The number of halogens is 1. The minimum Gasteiger partial charge on any atom is -0.481 e. The first kappa shape index (κ1) is 18.5. The van der Waals surface area contributed by atoms with E-state index in [0.717, 1.165) is 22.9 Å². The molecule has 1 aliphatic heterocycles. The Morgan fingerprint density at radius 3 is 2.79 bits per heavy atom. The van der Waals surface area contributed by atoms with Crippen molar-refractivity contribution in [2.75, 3.05) is 0 Å². The van der Waals surface area contributed by atoms with Crippen molar-refractivity contribution in [2.45, 2.75) is 37.9 Å². The van der Waals surface area contributed by atoms with E-state index in [2.05, 4.69) is 36.3 Å². The van der Waals surface area contributed by atoms with Gasteiger partial charge in [0.1, 0.15) is 5.25 Å². The first-order chi connectivity index (χ1) is 11.2. The minimum atomic E-state index is -1.03. The fourth-order valence-electron chi connectivity index (χ4n) is 2.00. The Labute approximate surface area is 149 Å². The molecule has 0 aliphatic carbocycles. The molecule has 1 unspecified atom stereocenters. The molecule has 0 spiro atoms. The average molecular weight is 368 g/mol.